The molecular formula is C11H18N2O. The van der Waals surface area contributed by atoms with E-state index in [1.165, 1.54) is 0 Å². The molecule has 0 saturated heterocycles. The first-order chi connectivity index (χ1) is 6.93. The molecular weight excluding hydrogens is 176 g/mol. The van der Waals surface area contributed by atoms with Gasteiger partial charge in [0.2, 0.25) is 0 Å². The number of nitrogens with two attached hydrogens (primary N) is 1. The van der Waals surface area contributed by atoms with Gasteiger partial charge in [-0.3, -0.25) is 4.98 Å². The fraction of sp³-hybridized carbons (Fsp3) is 0.545. The van der Waals surface area contributed by atoms with Crippen molar-refractivity contribution >= 4 is 0 Å². The van der Waals surface area contributed by atoms with Crippen LogP contribution in [0.3, 0.4) is 0 Å². The maximum Gasteiger partial charge on any atom is 0.0521 e. The predicted octanol–water partition coefficient (Wildman–Crippen LogP) is 1.38. The van der Waals surface area contributed by atoms with Crippen LogP contribution in [0.5, 0.6) is 0 Å². The van der Waals surface area contributed by atoms with Crippen molar-refractivity contribution in [3.05, 3.63) is 30.1 Å². The average Bonchev–Trinajstić information content (AvgIpc) is 2.25. The van der Waals surface area contributed by atoms with Crippen molar-refractivity contribution < 1.29 is 4.74 Å². The Morgan fingerprint density at radius 1 is 1.21 bits per heavy atom. The van der Waals surface area contributed by atoms with Crippen LogP contribution in [0.1, 0.15) is 18.5 Å². The van der Waals surface area contributed by atoms with Crippen molar-refractivity contribution in [2.24, 2.45) is 5.73 Å². The van der Waals surface area contributed by atoms with Crippen molar-refractivity contribution in [1.82, 2.24) is 4.98 Å². The van der Waals surface area contributed by atoms with Crippen LogP contribution in [0.4, 0.5) is 0 Å². The second-order valence-electron chi connectivity index (χ2n) is 3.18. The SMILES string of the molecule is NCCCCOCCc1ccccn1. The maximum absolute atomic E-state index is 5.44. The fourth-order valence-electron chi connectivity index (χ4n) is 1.17. The molecule has 0 aliphatic rings. The Morgan fingerprint density at radius 2 is 2.14 bits per heavy atom. The van der Waals surface area contributed by atoms with E-state index in [0.29, 0.717) is 0 Å². The fourth-order valence-corrected chi connectivity index (χ4v) is 1.17. The molecule has 1 heterocycles. The molecule has 1 aromatic heterocycles. The Hall–Kier alpha value is -0.930. The quantitative estimate of drug-likeness (QED) is 0.667. The Bertz CT molecular complexity index is 226. The van der Waals surface area contributed by atoms with Gasteiger partial charge in [0.05, 0.1) is 6.61 Å². The van der Waals surface area contributed by atoms with Gasteiger partial charge in [0, 0.05) is 24.9 Å². The number of ether oxygens (including phenoxy) is 1. The molecule has 3 heteroatoms. The molecule has 2 N–H and O–H groups in total. The van der Waals surface area contributed by atoms with E-state index in [2.05, 4.69) is 4.98 Å². The van der Waals surface area contributed by atoms with E-state index in [9.17, 15) is 0 Å². The zero-order valence-electron chi connectivity index (χ0n) is 8.48. The highest BCUT2D eigenvalue weighted by Gasteiger charge is 1.93. The van der Waals surface area contributed by atoms with Crippen LogP contribution < -0.4 is 5.73 Å². The van der Waals surface area contributed by atoms with E-state index in [-0.39, 0.29) is 0 Å². The van der Waals surface area contributed by atoms with Crippen LogP contribution in [0.15, 0.2) is 24.4 Å². The lowest BCUT2D eigenvalue weighted by atomic mass is 10.3. The lowest BCUT2D eigenvalue weighted by Crippen LogP contribution is -2.04. The van der Waals surface area contributed by atoms with Crippen LogP contribution in [-0.2, 0) is 11.2 Å². The summed E-state index contributed by atoms with van der Waals surface area (Å²) in [5.74, 6) is 0. The number of rotatable bonds is 7. The Labute approximate surface area is 85.3 Å². The van der Waals surface area contributed by atoms with Gasteiger partial charge in [0.15, 0.2) is 0 Å². The molecule has 0 fully saturated rings. The van der Waals surface area contributed by atoms with Crippen LogP contribution in [0, 0.1) is 0 Å². The first kappa shape index (κ1) is 11.1. The number of hydrogen-bond acceptors (Lipinski definition) is 3. The summed E-state index contributed by atoms with van der Waals surface area (Å²) >= 11 is 0. The monoisotopic (exact) mass is 194 g/mol. The van der Waals surface area contributed by atoms with Crippen molar-refractivity contribution in [2.45, 2.75) is 19.3 Å². The second-order valence-corrected chi connectivity index (χ2v) is 3.18. The molecule has 0 spiro atoms. The molecule has 14 heavy (non-hydrogen) atoms. The van der Waals surface area contributed by atoms with Crippen LogP contribution in [0.2, 0.25) is 0 Å². The minimum absolute atomic E-state index is 0.752. The summed E-state index contributed by atoms with van der Waals surface area (Å²) in [5.41, 5.74) is 6.46. The molecule has 0 amide bonds. The highest BCUT2D eigenvalue weighted by Crippen LogP contribution is 1.95. The molecule has 1 rings (SSSR count). The zero-order chi connectivity index (χ0) is 10.1. The molecule has 0 saturated carbocycles. The molecule has 0 atom stereocenters. The van der Waals surface area contributed by atoms with E-state index in [1.54, 1.807) is 0 Å². The summed E-state index contributed by atoms with van der Waals surface area (Å²) < 4.78 is 5.44. The van der Waals surface area contributed by atoms with E-state index in [0.717, 1.165) is 44.7 Å². The Morgan fingerprint density at radius 3 is 2.86 bits per heavy atom. The molecule has 0 unspecified atom stereocenters. The topological polar surface area (TPSA) is 48.1 Å². The first-order valence-electron chi connectivity index (χ1n) is 5.11. The smallest absolute Gasteiger partial charge is 0.0521 e. The van der Waals surface area contributed by atoms with Crippen molar-refractivity contribution in [2.75, 3.05) is 19.8 Å². The number of nitrogens with zero attached hydrogens (tertiary/aromatic N) is 1. The van der Waals surface area contributed by atoms with Gasteiger partial charge in [-0.1, -0.05) is 6.07 Å². The largest absolute Gasteiger partial charge is 0.381 e. The van der Waals surface area contributed by atoms with E-state index in [4.69, 9.17) is 10.5 Å². The highest BCUT2D eigenvalue weighted by atomic mass is 16.5. The van der Waals surface area contributed by atoms with Crippen LogP contribution in [-0.4, -0.2) is 24.7 Å². The van der Waals surface area contributed by atoms with Gasteiger partial charge in [-0.15, -0.1) is 0 Å². The summed E-state index contributed by atoms with van der Waals surface area (Å²) in [6.07, 6.45) is 4.80. The van der Waals surface area contributed by atoms with Gasteiger partial charge in [-0.05, 0) is 31.5 Å². The molecule has 0 bridgehead atoms. The number of hydrogen-bond donors (Lipinski definition) is 1. The van der Waals surface area contributed by atoms with Gasteiger partial charge in [0.1, 0.15) is 0 Å². The summed E-state index contributed by atoms with van der Waals surface area (Å²) in [5, 5.41) is 0. The second kappa shape index (κ2) is 7.47. The zero-order valence-corrected chi connectivity index (χ0v) is 8.48. The number of aromatic nitrogens is 1. The van der Waals surface area contributed by atoms with Crippen molar-refractivity contribution in [3.8, 4) is 0 Å². The van der Waals surface area contributed by atoms with Crippen LogP contribution >= 0.6 is 0 Å². The van der Waals surface area contributed by atoms with Crippen molar-refractivity contribution in [1.29, 1.82) is 0 Å². The van der Waals surface area contributed by atoms with Crippen LogP contribution in [0.25, 0.3) is 0 Å². The molecule has 0 aliphatic carbocycles. The average molecular weight is 194 g/mol. The summed E-state index contributed by atoms with van der Waals surface area (Å²) in [4.78, 5) is 4.21. The van der Waals surface area contributed by atoms with E-state index < -0.39 is 0 Å². The van der Waals surface area contributed by atoms with E-state index in [1.807, 2.05) is 24.4 Å². The van der Waals surface area contributed by atoms with Gasteiger partial charge in [-0.2, -0.15) is 0 Å². The van der Waals surface area contributed by atoms with E-state index >= 15 is 0 Å². The van der Waals surface area contributed by atoms with Gasteiger partial charge in [-0.25, -0.2) is 0 Å². The molecule has 0 aliphatic heterocycles. The molecule has 0 radical (unpaired) electrons. The third kappa shape index (κ3) is 4.94. The third-order valence-electron chi connectivity index (χ3n) is 1.97. The Balaban J connectivity index is 1.99. The van der Waals surface area contributed by atoms with Gasteiger partial charge < -0.3 is 10.5 Å². The number of unbranched alkanes of at least 4 members (excludes halogenated alkanes) is 1. The summed E-state index contributed by atoms with van der Waals surface area (Å²) in [7, 11) is 0. The first-order valence-corrected chi connectivity index (χ1v) is 5.11. The van der Waals surface area contributed by atoms with Crippen molar-refractivity contribution in [3.63, 3.8) is 0 Å². The predicted molar refractivity (Wildman–Crippen MR) is 57.0 cm³/mol. The minimum Gasteiger partial charge on any atom is -0.381 e. The molecule has 0 aromatic carbocycles. The summed E-state index contributed by atoms with van der Waals surface area (Å²) in [6, 6.07) is 5.94. The van der Waals surface area contributed by atoms with Gasteiger partial charge >= 0.3 is 0 Å². The third-order valence-corrected chi connectivity index (χ3v) is 1.97. The molecule has 78 valence electrons. The Kier molecular flexibility index (Phi) is 5.95. The maximum atomic E-state index is 5.44. The van der Waals surface area contributed by atoms with Gasteiger partial charge in [0.25, 0.3) is 0 Å². The minimum atomic E-state index is 0.752. The lowest BCUT2D eigenvalue weighted by molar-refractivity contribution is 0.133. The molecule has 1 aromatic rings. The normalized spacial score (nSPS) is 10.4. The highest BCUT2D eigenvalue weighted by molar-refractivity contribution is 5.03. The molecule has 3 nitrogen and oxygen atoms in total. The lowest BCUT2D eigenvalue weighted by Gasteiger charge is -2.02. The summed E-state index contributed by atoms with van der Waals surface area (Å²) in [6.45, 7) is 2.31. The standard InChI is InChI=1S/C11H18N2O/c12-7-2-4-9-14-10-6-11-5-1-3-8-13-11/h1,3,5,8H,2,4,6-7,9-10,12H2. The number of pyridine rings is 1.